The highest BCUT2D eigenvalue weighted by atomic mass is 127. The Hall–Kier alpha value is -0.670. The highest BCUT2D eigenvalue weighted by molar-refractivity contribution is 14.0. The van der Waals surface area contributed by atoms with Crippen molar-refractivity contribution < 1.29 is 21.6 Å². The third-order valence-corrected chi connectivity index (χ3v) is 4.85. The van der Waals surface area contributed by atoms with Crippen molar-refractivity contribution >= 4 is 51.3 Å². The zero-order valence-corrected chi connectivity index (χ0v) is 16.9. The van der Waals surface area contributed by atoms with Gasteiger partial charge in [-0.3, -0.25) is 4.99 Å². The van der Waals surface area contributed by atoms with Gasteiger partial charge < -0.3 is 10.6 Å². The van der Waals surface area contributed by atoms with Crippen molar-refractivity contribution in [2.45, 2.75) is 19.6 Å². The molecule has 7 nitrogen and oxygen atoms in total. The van der Waals surface area contributed by atoms with Gasteiger partial charge in [-0.1, -0.05) is 0 Å². The zero-order chi connectivity index (χ0) is 17.5. The SMILES string of the molecule is CCS(=O)(=O)NCCNC(=NC)NCc1nc(C(F)(F)F)cs1.I. The molecule has 1 rings (SSSR count). The van der Waals surface area contributed by atoms with E-state index in [0.717, 1.165) is 16.7 Å². The highest BCUT2D eigenvalue weighted by Crippen LogP contribution is 2.29. The van der Waals surface area contributed by atoms with E-state index >= 15 is 0 Å². The van der Waals surface area contributed by atoms with Gasteiger partial charge in [0, 0.05) is 25.5 Å². The molecule has 13 heteroatoms. The Morgan fingerprint density at radius 1 is 1.33 bits per heavy atom. The van der Waals surface area contributed by atoms with Crippen LogP contribution in [0.5, 0.6) is 0 Å². The van der Waals surface area contributed by atoms with Crippen LogP contribution in [-0.2, 0) is 22.7 Å². The average molecular weight is 501 g/mol. The third-order valence-electron chi connectivity index (χ3n) is 2.59. The van der Waals surface area contributed by atoms with Crippen LogP contribution < -0.4 is 15.4 Å². The van der Waals surface area contributed by atoms with Crippen LogP contribution in [-0.4, -0.2) is 45.3 Å². The summed E-state index contributed by atoms with van der Waals surface area (Å²) < 4.78 is 62.1. The molecule has 1 aromatic heterocycles. The molecule has 0 aromatic carbocycles. The van der Waals surface area contributed by atoms with Crippen LogP contribution >= 0.6 is 35.3 Å². The second-order valence-electron chi connectivity index (χ2n) is 4.27. The molecule has 140 valence electrons. The number of halogens is 4. The molecule has 1 heterocycles. The lowest BCUT2D eigenvalue weighted by Gasteiger charge is -2.11. The van der Waals surface area contributed by atoms with Gasteiger partial charge in [-0.25, -0.2) is 18.1 Å². The quantitative estimate of drug-likeness (QED) is 0.227. The van der Waals surface area contributed by atoms with Crippen molar-refractivity contribution in [3.8, 4) is 0 Å². The van der Waals surface area contributed by atoms with Crippen molar-refractivity contribution in [2.75, 3.05) is 25.9 Å². The molecule has 24 heavy (non-hydrogen) atoms. The summed E-state index contributed by atoms with van der Waals surface area (Å²) in [4.78, 5) is 7.37. The molecule has 3 N–H and O–H groups in total. The number of sulfonamides is 1. The van der Waals surface area contributed by atoms with E-state index in [0.29, 0.717) is 5.96 Å². The number of rotatable bonds is 7. The van der Waals surface area contributed by atoms with Crippen LogP contribution in [0.15, 0.2) is 10.4 Å². The maximum atomic E-state index is 12.4. The molecule has 0 saturated carbocycles. The van der Waals surface area contributed by atoms with Gasteiger partial charge in [0.15, 0.2) is 11.7 Å². The molecule has 0 spiro atoms. The van der Waals surface area contributed by atoms with Crippen molar-refractivity contribution in [1.82, 2.24) is 20.3 Å². The first-order valence-electron chi connectivity index (χ1n) is 6.61. The van der Waals surface area contributed by atoms with Gasteiger partial charge >= 0.3 is 6.18 Å². The van der Waals surface area contributed by atoms with Crippen LogP contribution in [0.4, 0.5) is 13.2 Å². The van der Waals surface area contributed by atoms with Gasteiger partial charge in [0.05, 0.1) is 12.3 Å². The monoisotopic (exact) mass is 501 g/mol. The summed E-state index contributed by atoms with van der Waals surface area (Å²) in [6, 6.07) is 0. The molecule has 0 unspecified atom stereocenters. The molecule has 0 aliphatic rings. The third kappa shape index (κ3) is 8.43. The van der Waals surface area contributed by atoms with Crippen LogP contribution in [0, 0.1) is 0 Å². The standard InChI is InChI=1S/C11H18F3N5O2S2.HI/c1-3-23(20,21)18-5-4-16-10(15-2)17-6-9-19-8(7-22-9)11(12,13)14;/h7,18H,3-6H2,1-2H3,(H2,15,16,17);1H. The summed E-state index contributed by atoms with van der Waals surface area (Å²) in [6.45, 7) is 2.07. The van der Waals surface area contributed by atoms with E-state index in [1.54, 1.807) is 0 Å². The van der Waals surface area contributed by atoms with E-state index in [1.165, 1.54) is 14.0 Å². The fourth-order valence-corrected chi connectivity index (χ4v) is 2.75. The summed E-state index contributed by atoms with van der Waals surface area (Å²) in [5.41, 5.74) is -0.920. The minimum Gasteiger partial charge on any atom is -0.355 e. The highest BCUT2D eigenvalue weighted by Gasteiger charge is 2.33. The minimum atomic E-state index is -4.45. The zero-order valence-electron chi connectivity index (χ0n) is 13.0. The number of thiazole rings is 1. The van der Waals surface area contributed by atoms with Crippen molar-refractivity contribution in [2.24, 2.45) is 4.99 Å². The molecule has 0 radical (unpaired) electrons. The predicted molar refractivity (Wildman–Crippen MR) is 98.2 cm³/mol. The Kier molecular flexibility index (Phi) is 10.1. The fourth-order valence-electron chi connectivity index (χ4n) is 1.39. The number of nitrogens with zero attached hydrogens (tertiary/aromatic N) is 2. The van der Waals surface area contributed by atoms with Crippen LogP contribution in [0.3, 0.4) is 0 Å². The summed E-state index contributed by atoms with van der Waals surface area (Å²) in [5, 5.41) is 6.87. The number of aliphatic imine (C=N–C) groups is 1. The van der Waals surface area contributed by atoms with Gasteiger partial charge in [-0.15, -0.1) is 35.3 Å². The molecule has 1 aromatic rings. The van der Waals surface area contributed by atoms with Crippen molar-refractivity contribution in [1.29, 1.82) is 0 Å². The van der Waals surface area contributed by atoms with E-state index in [-0.39, 0.29) is 54.4 Å². The minimum absolute atomic E-state index is 0. The molecule has 0 aliphatic heterocycles. The Morgan fingerprint density at radius 2 is 2.00 bits per heavy atom. The average Bonchev–Trinajstić information content (AvgIpc) is 2.95. The molecular formula is C11H19F3IN5O2S2. The van der Waals surface area contributed by atoms with Crippen molar-refractivity contribution in [3.05, 3.63) is 16.1 Å². The summed E-state index contributed by atoms with van der Waals surface area (Å²) in [5.74, 6) is 0.329. The normalized spacial score (nSPS) is 12.6. The maximum absolute atomic E-state index is 12.4. The van der Waals surface area contributed by atoms with E-state index in [2.05, 4.69) is 25.3 Å². The number of hydrogen-bond acceptors (Lipinski definition) is 5. The van der Waals surface area contributed by atoms with E-state index in [4.69, 9.17) is 0 Å². The van der Waals surface area contributed by atoms with E-state index < -0.39 is 21.9 Å². The van der Waals surface area contributed by atoms with E-state index in [9.17, 15) is 21.6 Å². The Morgan fingerprint density at radius 3 is 2.50 bits per heavy atom. The molecule has 0 aliphatic carbocycles. The lowest BCUT2D eigenvalue weighted by molar-refractivity contribution is -0.140. The fraction of sp³-hybridized carbons (Fsp3) is 0.636. The predicted octanol–water partition coefficient (Wildman–Crippen LogP) is 1.38. The van der Waals surface area contributed by atoms with E-state index in [1.807, 2.05) is 0 Å². The molecule has 0 bridgehead atoms. The topological polar surface area (TPSA) is 95.5 Å². The van der Waals surface area contributed by atoms with Crippen LogP contribution in [0.25, 0.3) is 0 Å². The summed E-state index contributed by atoms with van der Waals surface area (Å²) in [7, 11) is -1.76. The molecule has 0 saturated heterocycles. The second kappa shape index (κ2) is 10.4. The van der Waals surface area contributed by atoms with Gasteiger partial charge in [0.1, 0.15) is 5.01 Å². The van der Waals surface area contributed by atoms with Crippen LogP contribution in [0.1, 0.15) is 17.6 Å². The number of aromatic nitrogens is 1. The number of hydrogen-bond donors (Lipinski definition) is 3. The van der Waals surface area contributed by atoms with Gasteiger partial charge in [-0.05, 0) is 6.92 Å². The van der Waals surface area contributed by atoms with Crippen molar-refractivity contribution in [3.63, 3.8) is 0 Å². The molecule has 0 amide bonds. The number of guanidine groups is 1. The van der Waals surface area contributed by atoms with Gasteiger partial charge in [0.25, 0.3) is 0 Å². The first-order chi connectivity index (χ1) is 10.7. The number of nitrogens with one attached hydrogen (secondary N) is 3. The Bertz CT molecular complexity index is 634. The first kappa shape index (κ1) is 23.3. The molecular weight excluding hydrogens is 482 g/mol. The smallest absolute Gasteiger partial charge is 0.355 e. The lowest BCUT2D eigenvalue weighted by Crippen LogP contribution is -2.41. The summed E-state index contributed by atoms with van der Waals surface area (Å²) in [6.07, 6.45) is -4.45. The Labute approximate surface area is 159 Å². The molecule has 0 fully saturated rings. The molecule has 0 atom stereocenters. The van der Waals surface area contributed by atoms with Gasteiger partial charge in [0.2, 0.25) is 10.0 Å². The van der Waals surface area contributed by atoms with Crippen LogP contribution in [0.2, 0.25) is 0 Å². The Balaban J connectivity index is 0.00000529. The lowest BCUT2D eigenvalue weighted by atomic mass is 10.5. The van der Waals surface area contributed by atoms with Gasteiger partial charge in [-0.2, -0.15) is 13.2 Å². The first-order valence-corrected chi connectivity index (χ1v) is 9.14. The summed E-state index contributed by atoms with van der Waals surface area (Å²) >= 11 is 0.896. The second-order valence-corrected chi connectivity index (χ2v) is 7.31. The maximum Gasteiger partial charge on any atom is 0.434 e. The number of alkyl halides is 3. The largest absolute Gasteiger partial charge is 0.434 e.